The van der Waals surface area contributed by atoms with Crippen molar-refractivity contribution >= 4 is 10.0 Å². The van der Waals surface area contributed by atoms with E-state index in [0.717, 1.165) is 19.4 Å². The van der Waals surface area contributed by atoms with Crippen molar-refractivity contribution in [3.8, 4) is 0 Å². The molecule has 1 aromatic heterocycles. The molecule has 18 heavy (non-hydrogen) atoms. The van der Waals surface area contributed by atoms with Gasteiger partial charge in [-0.3, -0.25) is 4.68 Å². The average molecular weight is 272 g/mol. The highest BCUT2D eigenvalue weighted by molar-refractivity contribution is 7.89. The molecule has 0 aromatic carbocycles. The van der Waals surface area contributed by atoms with Crippen LogP contribution < -0.4 is 10.0 Å². The SMILES string of the molecule is CCC1CC1NS(=O)(=O)c1cnn(CCNC)c1. The van der Waals surface area contributed by atoms with Gasteiger partial charge in [0.1, 0.15) is 4.90 Å². The van der Waals surface area contributed by atoms with Crippen molar-refractivity contribution in [3.05, 3.63) is 12.4 Å². The molecular weight excluding hydrogens is 252 g/mol. The topological polar surface area (TPSA) is 76.0 Å². The predicted octanol–water partition coefficient (Wildman–Crippen LogP) is 0.179. The lowest BCUT2D eigenvalue weighted by molar-refractivity contribution is 0.572. The van der Waals surface area contributed by atoms with Gasteiger partial charge >= 0.3 is 0 Å². The number of likely N-dealkylation sites (N-methyl/N-ethyl adjacent to an activating group) is 1. The fraction of sp³-hybridized carbons (Fsp3) is 0.727. The van der Waals surface area contributed by atoms with Gasteiger partial charge < -0.3 is 5.32 Å². The molecular formula is C11H20N4O2S. The lowest BCUT2D eigenvalue weighted by Gasteiger charge is -2.03. The number of nitrogens with one attached hydrogen (secondary N) is 2. The summed E-state index contributed by atoms with van der Waals surface area (Å²) in [6, 6.07) is 0.112. The van der Waals surface area contributed by atoms with E-state index in [1.165, 1.54) is 6.20 Å². The molecule has 0 aliphatic heterocycles. The maximum Gasteiger partial charge on any atom is 0.243 e. The largest absolute Gasteiger partial charge is 0.318 e. The molecule has 1 saturated carbocycles. The van der Waals surface area contributed by atoms with Crippen molar-refractivity contribution in [2.24, 2.45) is 5.92 Å². The van der Waals surface area contributed by atoms with E-state index in [2.05, 4.69) is 22.1 Å². The Morgan fingerprint density at radius 3 is 2.94 bits per heavy atom. The molecule has 2 atom stereocenters. The highest BCUT2D eigenvalue weighted by Crippen LogP contribution is 2.34. The van der Waals surface area contributed by atoms with E-state index < -0.39 is 10.0 Å². The fourth-order valence-corrected chi connectivity index (χ4v) is 3.21. The summed E-state index contributed by atoms with van der Waals surface area (Å²) in [5.74, 6) is 0.499. The van der Waals surface area contributed by atoms with Gasteiger partial charge in [0.2, 0.25) is 10.0 Å². The monoisotopic (exact) mass is 272 g/mol. The van der Waals surface area contributed by atoms with Crippen LogP contribution in [0.3, 0.4) is 0 Å². The van der Waals surface area contributed by atoms with Crippen LogP contribution in [0.2, 0.25) is 0 Å². The first-order valence-electron chi connectivity index (χ1n) is 6.26. The minimum atomic E-state index is -3.40. The Balaban J connectivity index is 1.99. The Bertz CT molecular complexity index is 497. The van der Waals surface area contributed by atoms with E-state index >= 15 is 0 Å². The predicted molar refractivity (Wildman–Crippen MR) is 68.7 cm³/mol. The van der Waals surface area contributed by atoms with Gasteiger partial charge in [-0.2, -0.15) is 5.10 Å². The Morgan fingerprint density at radius 1 is 1.56 bits per heavy atom. The second-order valence-electron chi connectivity index (χ2n) is 4.67. The number of nitrogens with zero attached hydrogens (tertiary/aromatic N) is 2. The zero-order chi connectivity index (χ0) is 13.2. The molecule has 2 rings (SSSR count). The van der Waals surface area contributed by atoms with Gasteiger partial charge in [0.05, 0.1) is 12.7 Å². The first kappa shape index (κ1) is 13.5. The van der Waals surface area contributed by atoms with Crippen LogP contribution in [0.15, 0.2) is 17.3 Å². The molecule has 1 aliphatic carbocycles. The van der Waals surface area contributed by atoms with Gasteiger partial charge in [0, 0.05) is 18.8 Å². The van der Waals surface area contributed by atoms with Crippen molar-refractivity contribution in [1.29, 1.82) is 0 Å². The third kappa shape index (κ3) is 3.09. The summed E-state index contributed by atoms with van der Waals surface area (Å²) in [5.41, 5.74) is 0. The molecule has 1 aliphatic rings. The molecule has 6 nitrogen and oxygen atoms in total. The maximum absolute atomic E-state index is 12.1. The van der Waals surface area contributed by atoms with Crippen LogP contribution in [0.5, 0.6) is 0 Å². The number of sulfonamides is 1. The number of hydrogen-bond donors (Lipinski definition) is 2. The van der Waals surface area contributed by atoms with Crippen LogP contribution >= 0.6 is 0 Å². The van der Waals surface area contributed by atoms with Gasteiger partial charge in [-0.05, 0) is 19.4 Å². The Hall–Kier alpha value is -0.920. The molecule has 0 amide bonds. The second-order valence-corrected chi connectivity index (χ2v) is 6.39. The summed E-state index contributed by atoms with van der Waals surface area (Å²) in [5, 5.41) is 7.04. The second kappa shape index (κ2) is 5.38. The molecule has 2 unspecified atom stereocenters. The molecule has 0 saturated heterocycles. The quantitative estimate of drug-likeness (QED) is 0.742. The molecule has 102 valence electrons. The summed E-state index contributed by atoms with van der Waals surface area (Å²) in [6.45, 7) is 3.50. The zero-order valence-corrected chi connectivity index (χ0v) is 11.6. The molecule has 1 fully saturated rings. The molecule has 2 N–H and O–H groups in total. The van der Waals surface area contributed by atoms with Crippen molar-refractivity contribution in [1.82, 2.24) is 19.8 Å². The minimum Gasteiger partial charge on any atom is -0.318 e. The van der Waals surface area contributed by atoms with Gasteiger partial charge in [-0.25, -0.2) is 13.1 Å². The van der Waals surface area contributed by atoms with E-state index in [4.69, 9.17) is 0 Å². The molecule has 0 spiro atoms. The van der Waals surface area contributed by atoms with Crippen LogP contribution in [0, 0.1) is 5.92 Å². The highest BCUT2D eigenvalue weighted by Gasteiger charge is 2.38. The molecule has 0 radical (unpaired) electrons. The molecule has 1 aromatic rings. The van der Waals surface area contributed by atoms with Crippen molar-refractivity contribution in [2.45, 2.75) is 37.2 Å². The average Bonchev–Trinajstić information content (AvgIpc) is 2.89. The van der Waals surface area contributed by atoms with Crippen LogP contribution in [0.25, 0.3) is 0 Å². The van der Waals surface area contributed by atoms with Crippen molar-refractivity contribution in [2.75, 3.05) is 13.6 Å². The Labute approximate surface area is 108 Å². The van der Waals surface area contributed by atoms with E-state index in [1.807, 2.05) is 7.05 Å². The van der Waals surface area contributed by atoms with Gasteiger partial charge in [0.25, 0.3) is 0 Å². The van der Waals surface area contributed by atoms with E-state index in [0.29, 0.717) is 12.5 Å². The number of rotatable bonds is 7. The van der Waals surface area contributed by atoms with Crippen molar-refractivity contribution < 1.29 is 8.42 Å². The third-order valence-corrected chi connectivity index (χ3v) is 4.71. The maximum atomic E-state index is 12.1. The van der Waals surface area contributed by atoms with Gasteiger partial charge in [-0.15, -0.1) is 0 Å². The van der Waals surface area contributed by atoms with Crippen LogP contribution in [0.1, 0.15) is 19.8 Å². The van der Waals surface area contributed by atoms with Crippen LogP contribution in [-0.4, -0.2) is 37.8 Å². The first-order valence-corrected chi connectivity index (χ1v) is 7.74. The minimum absolute atomic E-state index is 0.112. The first-order chi connectivity index (χ1) is 8.56. The summed E-state index contributed by atoms with van der Waals surface area (Å²) in [7, 11) is -1.55. The smallest absolute Gasteiger partial charge is 0.243 e. The summed E-state index contributed by atoms with van der Waals surface area (Å²) < 4.78 is 28.5. The van der Waals surface area contributed by atoms with E-state index in [1.54, 1.807) is 10.9 Å². The van der Waals surface area contributed by atoms with Crippen LogP contribution in [-0.2, 0) is 16.6 Å². The summed E-state index contributed by atoms with van der Waals surface area (Å²) in [4.78, 5) is 0.250. The normalized spacial score (nSPS) is 23.2. The fourth-order valence-electron chi connectivity index (χ4n) is 1.94. The summed E-state index contributed by atoms with van der Waals surface area (Å²) in [6.07, 6.45) is 4.95. The standard InChI is InChI=1S/C11H20N4O2S/c1-3-9-6-11(9)14-18(16,17)10-7-13-15(8-10)5-4-12-2/h7-9,11-12,14H,3-6H2,1-2H3. The lowest BCUT2D eigenvalue weighted by atomic mass is 10.3. The third-order valence-electron chi connectivity index (χ3n) is 3.26. The van der Waals surface area contributed by atoms with Crippen molar-refractivity contribution in [3.63, 3.8) is 0 Å². The summed E-state index contributed by atoms with van der Waals surface area (Å²) >= 11 is 0. The highest BCUT2D eigenvalue weighted by atomic mass is 32.2. The molecule has 7 heteroatoms. The van der Waals surface area contributed by atoms with Gasteiger partial charge in [-0.1, -0.05) is 13.3 Å². The number of hydrogen-bond acceptors (Lipinski definition) is 4. The zero-order valence-electron chi connectivity index (χ0n) is 10.8. The Morgan fingerprint density at radius 2 is 2.33 bits per heavy atom. The number of aromatic nitrogens is 2. The molecule has 0 bridgehead atoms. The Kier molecular flexibility index (Phi) is 4.04. The van der Waals surface area contributed by atoms with E-state index in [-0.39, 0.29) is 10.9 Å². The lowest BCUT2D eigenvalue weighted by Crippen LogP contribution is -2.26. The van der Waals surface area contributed by atoms with E-state index in [9.17, 15) is 8.42 Å². The van der Waals surface area contributed by atoms with Gasteiger partial charge in [0.15, 0.2) is 0 Å². The molecule has 1 heterocycles. The van der Waals surface area contributed by atoms with Crippen LogP contribution in [0.4, 0.5) is 0 Å².